The molecule has 0 fully saturated rings. The second kappa shape index (κ2) is 3.89. The van der Waals surface area contributed by atoms with Gasteiger partial charge in [-0.3, -0.25) is 0 Å². The van der Waals surface area contributed by atoms with E-state index in [1.807, 2.05) is 0 Å². The molecule has 0 N–H and O–H groups in total. The molecule has 2 aromatic rings. The van der Waals surface area contributed by atoms with Crippen LogP contribution in [0.2, 0.25) is 0 Å². The predicted octanol–water partition coefficient (Wildman–Crippen LogP) is 3.62. The van der Waals surface area contributed by atoms with E-state index in [2.05, 4.69) is 4.98 Å². The summed E-state index contributed by atoms with van der Waals surface area (Å²) in [5.41, 5.74) is -1.45. The number of pyridine rings is 1. The number of aromatic nitrogens is 2. The van der Waals surface area contributed by atoms with Crippen LogP contribution in [0, 0.1) is 0 Å². The number of nitrogens with zero attached hydrogens (tertiary/aromatic N) is 2. The van der Waals surface area contributed by atoms with Gasteiger partial charge < -0.3 is 4.57 Å². The third-order valence-electron chi connectivity index (χ3n) is 2.29. The van der Waals surface area contributed by atoms with Crippen LogP contribution < -0.4 is 0 Å². The van der Waals surface area contributed by atoms with Crippen LogP contribution in [-0.4, -0.2) is 15.7 Å². The Kier molecular flexibility index (Phi) is 2.75. The lowest BCUT2D eigenvalue weighted by Gasteiger charge is -2.07. The first kappa shape index (κ1) is 12.7. The quantitative estimate of drug-likeness (QED) is 0.722. The normalized spacial score (nSPS) is 13.2. The van der Waals surface area contributed by atoms with Crippen molar-refractivity contribution in [2.45, 2.75) is 18.9 Å². The summed E-state index contributed by atoms with van der Waals surface area (Å²) < 4.78 is 75.1. The Labute approximate surface area is 96.8 Å². The van der Waals surface area contributed by atoms with Gasteiger partial charge in [-0.15, -0.1) is 0 Å². The molecule has 0 saturated carbocycles. The second-order valence-electron chi connectivity index (χ2n) is 3.66. The van der Waals surface area contributed by atoms with E-state index in [0.29, 0.717) is 10.8 Å². The van der Waals surface area contributed by atoms with Gasteiger partial charge in [-0.25, -0.2) is 4.98 Å². The summed E-state index contributed by atoms with van der Waals surface area (Å²) in [6.45, 7) is -1.50. The molecule has 0 aliphatic rings. The number of fused-ring (bicyclic) bond motifs is 1. The number of hydrogen-bond acceptors (Lipinski definition) is 1. The van der Waals surface area contributed by atoms with Crippen LogP contribution >= 0.6 is 0 Å². The molecular weight excluding hydrogens is 262 g/mol. The fraction of sp³-hybridized carbons (Fsp3) is 0.300. The molecule has 2 heterocycles. The van der Waals surface area contributed by atoms with Crippen molar-refractivity contribution in [3.05, 3.63) is 30.1 Å². The highest BCUT2D eigenvalue weighted by molar-refractivity contribution is 5.81. The van der Waals surface area contributed by atoms with E-state index in [1.165, 1.54) is 6.07 Å². The van der Waals surface area contributed by atoms with Crippen molar-refractivity contribution in [2.24, 2.45) is 0 Å². The highest BCUT2D eigenvalue weighted by Crippen LogP contribution is 2.36. The number of halogens is 6. The first-order valence-electron chi connectivity index (χ1n) is 4.76. The molecule has 2 nitrogen and oxygen atoms in total. The highest BCUT2D eigenvalue weighted by Gasteiger charge is 2.36. The van der Waals surface area contributed by atoms with Gasteiger partial charge in [0, 0.05) is 17.8 Å². The molecule has 0 aromatic carbocycles. The molecule has 18 heavy (non-hydrogen) atoms. The smallest absolute Gasteiger partial charge is 0.323 e. The van der Waals surface area contributed by atoms with E-state index in [9.17, 15) is 26.3 Å². The summed E-state index contributed by atoms with van der Waals surface area (Å²) in [6.07, 6.45) is -7.73. The molecule has 0 amide bonds. The van der Waals surface area contributed by atoms with E-state index in [-0.39, 0.29) is 11.0 Å². The molecule has 0 spiro atoms. The van der Waals surface area contributed by atoms with Crippen molar-refractivity contribution in [2.75, 3.05) is 0 Å². The molecular formula is C10H6F6N2. The van der Waals surface area contributed by atoms with E-state index in [0.717, 1.165) is 12.3 Å². The third kappa shape index (κ3) is 2.41. The van der Waals surface area contributed by atoms with E-state index in [1.54, 1.807) is 0 Å². The molecule has 0 atom stereocenters. The number of rotatable bonds is 1. The molecule has 0 saturated heterocycles. The molecule has 2 aromatic heterocycles. The van der Waals surface area contributed by atoms with Gasteiger partial charge in [0.1, 0.15) is 12.2 Å². The van der Waals surface area contributed by atoms with Crippen LogP contribution in [0.5, 0.6) is 0 Å². The van der Waals surface area contributed by atoms with Crippen LogP contribution in [-0.2, 0) is 12.7 Å². The monoisotopic (exact) mass is 268 g/mol. The van der Waals surface area contributed by atoms with Gasteiger partial charge in [-0.2, -0.15) is 26.3 Å². The second-order valence-corrected chi connectivity index (χ2v) is 3.66. The van der Waals surface area contributed by atoms with Gasteiger partial charge in [-0.1, -0.05) is 0 Å². The average molecular weight is 268 g/mol. The van der Waals surface area contributed by atoms with Gasteiger partial charge in [0.25, 0.3) is 0 Å². The fourth-order valence-electron chi connectivity index (χ4n) is 1.66. The van der Waals surface area contributed by atoms with Crippen molar-refractivity contribution in [3.8, 4) is 0 Å². The molecule has 8 heteroatoms. The fourth-order valence-corrected chi connectivity index (χ4v) is 1.66. The lowest BCUT2D eigenvalue weighted by atomic mass is 10.2. The Morgan fingerprint density at radius 2 is 1.78 bits per heavy atom. The Hall–Kier alpha value is -1.73. The Balaban J connectivity index is 2.62. The summed E-state index contributed by atoms with van der Waals surface area (Å²) in [5.74, 6) is 0. The lowest BCUT2D eigenvalue weighted by Crippen LogP contribution is -2.17. The number of alkyl halides is 6. The predicted molar refractivity (Wildman–Crippen MR) is 50.8 cm³/mol. The van der Waals surface area contributed by atoms with Crippen LogP contribution in [0.3, 0.4) is 0 Å². The van der Waals surface area contributed by atoms with Gasteiger partial charge in [-0.05, 0) is 12.1 Å². The molecule has 98 valence electrons. The Bertz CT molecular complexity index is 566. The maximum Gasteiger partial charge on any atom is 0.418 e. The largest absolute Gasteiger partial charge is 0.418 e. The molecule has 0 radical (unpaired) electrons. The summed E-state index contributed by atoms with van der Waals surface area (Å²) in [6, 6.07) is 2.34. The van der Waals surface area contributed by atoms with Crippen molar-refractivity contribution in [1.82, 2.24) is 9.55 Å². The van der Waals surface area contributed by atoms with Crippen molar-refractivity contribution in [3.63, 3.8) is 0 Å². The minimum absolute atomic E-state index is 0.331. The third-order valence-corrected chi connectivity index (χ3v) is 2.29. The van der Waals surface area contributed by atoms with Gasteiger partial charge in [0.2, 0.25) is 0 Å². The average Bonchev–Trinajstić information content (AvgIpc) is 2.55. The van der Waals surface area contributed by atoms with Crippen molar-refractivity contribution in [1.29, 1.82) is 0 Å². The number of hydrogen-bond donors (Lipinski definition) is 0. The van der Waals surface area contributed by atoms with Crippen LogP contribution in [0.1, 0.15) is 5.56 Å². The lowest BCUT2D eigenvalue weighted by molar-refractivity contribution is -0.143. The maximum absolute atomic E-state index is 12.6. The van der Waals surface area contributed by atoms with Crippen molar-refractivity contribution < 1.29 is 26.3 Å². The summed E-state index contributed by atoms with van der Waals surface area (Å²) in [7, 11) is 0. The van der Waals surface area contributed by atoms with Crippen LogP contribution in [0.15, 0.2) is 24.5 Å². The standard InChI is InChI=1S/C10H6F6N2/c11-9(12,13)5-18-4-7(10(14,15)16)6-2-1-3-17-8(6)18/h1-4H,5H2. The molecule has 0 aliphatic heterocycles. The Morgan fingerprint density at radius 3 is 2.33 bits per heavy atom. The first-order chi connectivity index (χ1) is 8.18. The molecule has 2 rings (SSSR count). The van der Waals surface area contributed by atoms with E-state index < -0.39 is 24.5 Å². The first-order valence-corrected chi connectivity index (χ1v) is 4.76. The zero-order valence-corrected chi connectivity index (χ0v) is 8.68. The summed E-state index contributed by atoms with van der Waals surface area (Å²) in [4.78, 5) is 3.56. The van der Waals surface area contributed by atoms with Crippen molar-refractivity contribution >= 4 is 11.0 Å². The zero-order chi connectivity index (χ0) is 13.6. The highest BCUT2D eigenvalue weighted by atomic mass is 19.4. The van der Waals surface area contributed by atoms with Gasteiger partial charge in [0.05, 0.1) is 5.56 Å². The molecule has 0 aliphatic carbocycles. The van der Waals surface area contributed by atoms with Gasteiger partial charge >= 0.3 is 12.4 Å². The summed E-state index contributed by atoms with van der Waals surface area (Å²) >= 11 is 0. The van der Waals surface area contributed by atoms with E-state index >= 15 is 0 Å². The zero-order valence-electron chi connectivity index (χ0n) is 8.68. The Morgan fingerprint density at radius 1 is 1.11 bits per heavy atom. The summed E-state index contributed by atoms with van der Waals surface area (Å²) in [5, 5.41) is -0.339. The van der Waals surface area contributed by atoms with Crippen LogP contribution in [0.4, 0.5) is 26.3 Å². The minimum Gasteiger partial charge on any atom is -0.323 e. The van der Waals surface area contributed by atoms with Gasteiger partial charge in [0.15, 0.2) is 0 Å². The topological polar surface area (TPSA) is 17.8 Å². The SMILES string of the molecule is FC(F)(F)Cn1cc(C(F)(F)F)c2cccnc21. The molecule has 0 unspecified atom stereocenters. The maximum atomic E-state index is 12.6. The minimum atomic E-state index is -4.71. The molecule has 0 bridgehead atoms. The van der Waals surface area contributed by atoms with E-state index in [4.69, 9.17) is 0 Å². The van der Waals surface area contributed by atoms with Crippen LogP contribution in [0.25, 0.3) is 11.0 Å².